The molecule has 1 fully saturated rings. The van der Waals surface area contributed by atoms with Gasteiger partial charge in [0, 0.05) is 42.2 Å². The van der Waals surface area contributed by atoms with Gasteiger partial charge in [0.25, 0.3) is 0 Å². The van der Waals surface area contributed by atoms with Gasteiger partial charge < -0.3 is 24.8 Å². The van der Waals surface area contributed by atoms with Crippen LogP contribution >= 0.6 is 11.6 Å². The topological polar surface area (TPSA) is 83.9 Å². The van der Waals surface area contributed by atoms with Gasteiger partial charge >= 0.3 is 5.97 Å². The van der Waals surface area contributed by atoms with E-state index in [1.165, 1.54) is 0 Å². The lowest BCUT2D eigenvalue weighted by Gasteiger charge is -2.34. The Balaban J connectivity index is 1.88. The van der Waals surface area contributed by atoms with Crippen LogP contribution in [0, 0.1) is 6.92 Å². The first-order chi connectivity index (χ1) is 17.4. The third-order valence-electron chi connectivity index (χ3n) is 6.52. The summed E-state index contributed by atoms with van der Waals surface area (Å²) in [6, 6.07) is 13.4. The fourth-order valence-electron chi connectivity index (χ4n) is 4.72. The largest absolute Gasteiger partial charge is 0.479 e. The molecule has 0 saturated carbocycles. The maximum absolute atomic E-state index is 12.4. The van der Waals surface area contributed by atoms with Gasteiger partial charge in [-0.2, -0.15) is 0 Å². The molecule has 2 N–H and O–H groups in total. The van der Waals surface area contributed by atoms with Gasteiger partial charge in [0.05, 0.1) is 12.1 Å². The van der Waals surface area contributed by atoms with E-state index in [0.29, 0.717) is 23.8 Å². The third-order valence-corrected chi connectivity index (χ3v) is 6.77. The van der Waals surface area contributed by atoms with Gasteiger partial charge in [-0.25, -0.2) is 9.78 Å². The fraction of sp³-hybridized carbons (Fsp3) is 0.429. The summed E-state index contributed by atoms with van der Waals surface area (Å²) in [4.78, 5) is 19.5. The van der Waals surface area contributed by atoms with Crippen molar-refractivity contribution in [2.75, 3.05) is 37.7 Å². The van der Waals surface area contributed by atoms with Crippen molar-refractivity contribution in [2.45, 2.75) is 45.9 Å². The van der Waals surface area contributed by atoms with Gasteiger partial charge in [-0.1, -0.05) is 37.1 Å². The number of anilines is 1. The molecule has 1 aromatic heterocycles. The summed E-state index contributed by atoms with van der Waals surface area (Å²) in [7, 11) is 0. The highest BCUT2D eigenvalue weighted by atomic mass is 35.5. The number of hydrogen-bond acceptors (Lipinski definition) is 6. The number of aryl methyl sites for hydroxylation is 1. The average molecular weight is 512 g/mol. The Morgan fingerprint density at radius 3 is 2.69 bits per heavy atom. The molecule has 2 unspecified atom stereocenters. The summed E-state index contributed by atoms with van der Waals surface area (Å²) in [6.07, 6.45) is 0.546. The second-order valence-corrected chi connectivity index (χ2v) is 9.42. The van der Waals surface area contributed by atoms with Crippen molar-refractivity contribution < 1.29 is 19.4 Å². The van der Waals surface area contributed by atoms with E-state index in [1.54, 1.807) is 0 Å². The minimum Gasteiger partial charge on any atom is -0.479 e. The molecule has 0 spiro atoms. The van der Waals surface area contributed by atoms with Crippen LogP contribution in [0.1, 0.15) is 43.9 Å². The van der Waals surface area contributed by atoms with Crippen LogP contribution in [0.3, 0.4) is 0 Å². The monoisotopic (exact) mass is 511 g/mol. The number of carboxylic acid groups (broad SMARTS) is 1. The Bertz CT molecular complexity index is 1200. The molecule has 0 bridgehead atoms. The van der Waals surface area contributed by atoms with Crippen molar-refractivity contribution in [3.05, 3.63) is 58.6 Å². The minimum absolute atomic E-state index is 0.0897. The number of aromatic nitrogens is 1. The zero-order valence-electron chi connectivity index (χ0n) is 21.1. The number of nitrogens with one attached hydrogen (secondary N) is 1. The van der Waals surface area contributed by atoms with Crippen molar-refractivity contribution in [2.24, 2.45) is 0 Å². The number of aliphatic carboxylic acids is 1. The fourth-order valence-corrected chi connectivity index (χ4v) is 4.85. The molecule has 2 aromatic carbocycles. The molecule has 0 amide bonds. The molecule has 2 heterocycles. The summed E-state index contributed by atoms with van der Waals surface area (Å²) in [5, 5.41) is 15.0. The summed E-state index contributed by atoms with van der Waals surface area (Å²) < 4.78 is 11.9. The Labute approximate surface area is 217 Å². The minimum atomic E-state index is -1.08. The smallest absolute Gasteiger partial charge is 0.337 e. The first-order valence-electron chi connectivity index (χ1n) is 12.6. The lowest BCUT2D eigenvalue weighted by atomic mass is 9.88. The summed E-state index contributed by atoms with van der Waals surface area (Å²) in [6.45, 7) is 9.42. The summed E-state index contributed by atoms with van der Waals surface area (Å²) in [5.74, 6) is -0.186. The highest BCUT2D eigenvalue weighted by molar-refractivity contribution is 6.30. The zero-order valence-corrected chi connectivity index (χ0v) is 21.8. The van der Waals surface area contributed by atoms with Crippen LogP contribution in [0.2, 0.25) is 5.02 Å². The number of fused-ring (bicyclic) bond motifs is 1. The number of carboxylic acids is 1. The van der Waals surface area contributed by atoms with Crippen LogP contribution in [-0.2, 0) is 14.3 Å². The average Bonchev–Trinajstić information content (AvgIpc) is 2.88. The molecule has 0 radical (unpaired) electrons. The Kier molecular flexibility index (Phi) is 8.80. The molecular weight excluding hydrogens is 478 g/mol. The van der Waals surface area contributed by atoms with Crippen molar-refractivity contribution in [1.82, 2.24) is 10.3 Å². The van der Waals surface area contributed by atoms with E-state index in [0.717, 1.165) is 65.9 Å². The molecular formula is C28H34ClN3O4. The molecule has 192 valence electrons. The number of rotatable bonds is 10. The van der Waals surface area contributed by atoms with Gasteiger partial charge in [-0.15, -0.1) is 0 Å². The highest BCUT2D eigenvalue weighted by Crippen LogP contribution is 2.40. The van der Waals surface area contributed by atoms with Gasteiger partial charge in [0.1, 0.15) is 12.0 Å². The number of pyridine rings is 1. The number of unbranched alkanes of at least 4 members (excludes halogenated alkanes) is 1. The first kappa shape index (κ1) is 26.4. The van der Waals surface area contributed by atoms with Gasteiger partial charge in [-0.05, 0) is 67.3 Å². The Morgan fingerprint density at radius 2 is 2.06 bits per heavy atom. The molecule has 1 saturated heterocycles. The van der Waals surface area contributed by atoms with Crippen LogP contribution in [0.4, 0.5) is 5.82 Å². The van der Waals surface area contributed by atoms with E-state index >= 15 is 0 Å². The number of morpholine rings is 1. The van der Waals surface area contributed by atoms with Gasteiger partial charge in [0.2, 0.25) is 0 Å². The van der Waals surface area contributed by atoms with E-state index in [9.17, 15) is 9.90 Å². The van der Waals surface area contributed by atoms with Crippen molar-refractivity contribution in [3.8, 4) is 11.1 Å². The zero-order chi connectivity index (χ0) is 25.7. The Hall–Kier alpha value is -2.71. The molecule has 8 heteroatoms. The van der Waals surface area contributed by atoms with Crippen LogP contribution < -0.4 is 10.2 Å². The molecule has 1 aliphatic rings. The van der Waals surface area contributed by atoms with Crippen LogP contribution in [0.25, 0.3) is 22.0 Å². The van der Waals surface area contributed by atoms with Gasteiger partial charge in [0.15, 0.2) is 6.10 Å². The maximum atomic E-state index is 12.4. The summed E-state index contributed by atoms with van der Waals surface area (Å²) in [5.41, 5.74) is 3.94. The standard InChI is InChI=1S/C28H34ClN3O4/c1-4-6-14-36-27(28(33)34)25-18(3)16-22-21(26(25)19-7-9-20(29)10-8-19)11-12-23(31-22)32(5-2)24-17-30-13-15-35-24/h7-12,16,24,27,30H,4-6,13-15,17H2,1-3H3,(H,33,34). The number of nitrogens with zero attached hydrogens (tertiary/aromatic N) is 2. The lowest BCUT2D eigenvalue weighted by Crippen LogP contribution is -2.49. The van der Waals surface area contributed by atoms with Crippen molar-refractivity contribution >= 4 is 34.3 Å². The normalized spacial score (nSPS) is 16.7. The molecule has 0 aliphatic carbocycles. The number of hydrogen-bond donors (Lipinski definition) is 2. The molecule has 2 atom stereocenters. The predicted molar refractivity (Wildman–Crippen MR) is 144 cm³/mol. The Morgan fingerprint density at radius 1 is 1.28 bits per heavy atom. The number of benzene rings is 2. The highest BCUT2D eigenvalue weighted by Gasteiger charge is 2.29. The van der Waals surface area contributed by atoms with E-state index in [1.807, 2.05) is 49.4 Å². The van der Waals surface area contributed by atoms with E-state index in [2.05, 4.69) is 24.1 Å². The number of likely N-dealkylation sites (N-methyl/N-ethyl adjacent to an activating group) is 1. The second-order valence-electron chi connectivity index (χ2n) is 8.98. The second kappa shape index (κ2) is 12.0. The maximum Gasteiger partial charge on any atom is 0.337 e. The summed E-state index contributed by atoms with van der Waals surface area (Å²) >= 11 is 6.18. The van der Waals surface area contributed by atoms with E-state index < -0.39 is 12.1 Å². The first-order valence-corrected chi connectivity index (χ1v) is 13.0. The molecule has 4 rings (SSSR count). The predicted octanol–water partition coefficient (Wildman–Crippen LogP) is 5.58. The van der Waals surface area contributed by atoms with Crippen molar-refractivity contribution in [1.29, 1.82) is 0 Å². The van der Waals surface area contributed by atoms with E-state index in [-0.39, 0.29) is 6.23 Å². The number of ether oxygens (including phenoxy) is 2. The quantitative estimate of drug-likeness (QED) is 0.344. The lowest BCUT2D eigenvalue weighted by molar-refractivity contribution is -0.151. The molecule has 7 nitrogen and oxygen atoms in total. The van der Waals surface area contributed by atoms with Crippen LogP contribution in [0.5, 0.6) is 0 Å². The van der Waals surface area contributed by atoms with Crippen LogP contribution in [-0.4, -0.2) is 55.1 Å². The third kappa shape index (κ3) is 5.65. The van der Waals surface area contributed by atoms with Gasteiger partial charge in [-0.3, -0.25) is 0 Å². The molecule has 36 heavy (non-hydrogen) atoms. The van der Waals surface area contributed by atoms with E-state index in [4.69, 9.17) is 26.1 Å². The molecule has 3 aromatic rings. The molecule has 1 aliphatic heterocycles. The van der Waals surface area contributed by atoms with Crippen LogP contribution in [0.15, 0.2) is 42.5 Å². The number of halogens is 1. The van der Waals surface area contributed by atoms with Crippen molar-refractivity contribution in [3.63, 3.8) is 0 Å². The SMILES string of the molecule is CCCCOC(C(=O)O)c1c(C)cc2nc(N(CC)C3CNCCO3)ccc2c1-c1ccc(Cl)cc1. The number of carbonyl (C=O) groups is 1.